The van der Waals surface area contributed by atoms with Crippen LogP contribution in [0.3, 0.4) is 0 Å². The lowest BCUT2D eigenvalue weighted by atomic mass is 9.89. The Morgan fingerprint density at radius 2 is 2.08 bits per heavy atom. The summed E-state index contributed by atoms with van der Waals surface area (Å²) in [5.74, 6) is 0. The molecule has 0 spiro atoms. The van der Waals surface area contributed by atoms with E-state index >= 15 is 0 Å². The number of fused-ring (bicyclic) bond motifs is 1. The van der Waals surface area contributed by atoms with Gasteiger partial charge in [0.1, 0.15) is 0 Å². The number of hydrogen-bond acceptors (Lipinski definition) is 0. The van der Waals surface area contributed by atoms with Gasteiger partial charge in [-0.1, -0.05) is 56.2 Å². The highest BCUT2D eigenvalue weighted by Gasteiger charge is 2.25. The van der Waals surface area contributed by atoms with Gasteiger partial charge in [0.25, 0.3) is 0 Å². The molecule has 0 N–H and O–H groups in total. The van der Waals surface area contributed by atoms with E-state index in [0.717, 1.165) is 12.8 Å². The van der Waals surface area contributed by atoms with Crippen molar-refractivity contribution < 1.29 is 0 Å². The largest absolute Gasteiger partial charge is 0.0871 e. The van der Waals surface area contributed by atoms with Gasteiger partial charge in [-0.3, -0.25) is 0 Å². The first-order valence-electron chi connectivity index (χ1n) is 4.14. The average Bonchev–Trinajstić information content (AvgIpc) is 2.12. The summed E-state index contributed by atoms with van der Waals surface area (Å²) >= 11 is 7.36. The van der Waals surface area contributed by atoms with Crippen LogP contribution in [0.4, 0.5) is 0 Å². The number of allylic oxidation sites excluding steroid dienone is 6. The third-order valence-corrected chi connectivity index (χ3v) is 5.03. The lowest BCUT2D eigenvalue weighted by molar-refractivity contribution is 0.860. The predicted octanol–water partition coefficient (Wildman–Crippen LogP) is 3.73. The Morgan fingerprint density at radius 3 is 2.92 bits per heavy atom. The third kappa shape index (κ3) is 1.47. The van der Waals surface area contributed by atoms with Crippen LogP contribution in [0.5, 0.6) is 0 Å². The van der Waals surface area contributed by atoms with Crippen LogP contribution < -0.4 is 0 Å². The maximum atomic E-state index is 3.71. The van der Waals surface area contributed by atoms with Gasteiger partial charge in [-0.15, -0.1) is 0 Å². The number of hydrogen-bond donors (Lipinski definition) is 0. The third-order valence-electron chi connectivity index (χ3n) is 2.28. The van der Waals surface area contributed by atoms with Gasteiger partial charge < -0.3 is 0 Å². The summed E-state index contributed by atoms with van der Waals surface area (Å²) in [5, 5.41) is 0. The van der Waals surface area contributed by atoms with E-state index in [1.54, 1.807) is 0 Å². The van der Waals surface area contributed by atoms with E-state index in [2.05, 4.69) is 56.2 Å². The maximum Gasteiger partial charge on any atom is 0.0526 e. The van der Waals surface area contributed by atoms with Gasteiger partial charge >= 0.3 is 0 Å². The molecule has 0 fully saturated rings. The van der Waals surface area contributed by atoms with Gasteiger partial charge in [0.2, 0.25) is 0 Å². The Kier molecular flexibility index (Phi) is 2.56. The van der Waals surface area contributed by atoms with Gasteiger partial charge in [0, 0.05) is 4.83 Å². The summed E-state index contributed by atoms with van der Waals surface area (Å²) in [4.78, 5) is 1.04. The summed E-state index contributed by atoms with van der Waals surface area (Å²) < 4.78 is 0. The van der Waals surface area contributed by atoms with Crippen molar-refractivity contribution in [3.8, 4) is 0 Å². The Hall–Kier alpha value is 0.180. The van der Waals surface area contributed by atoms with Crippen molar-refractivity contribution in [2.75, 3.05) is 0 Å². The molecular weight excluding hydrogens is 280 g/mol. The normalized spacial score (nSPS) is 33.8. The maximum absolute atomic E-state index is 3.71. The van der Waals surface area contributed by atoms with Crippen LogP contribution in [0.15, 0.2) is 35.5 Å². The van der Waals surface area contributed by atoms with Crippen LogP contribution in [-0.4, -0.2) is 9.65 Å². The zero-order valence-corrected chi connectivity index (χ0v) is 9.81. The highest BCUT2D eigenvalue weighted by molar-refractivity contribution is 9.12. The molecule has 0 aromatic heterocycles. The molecule has 0 nitrogen and oxygen atoms in total. The van der Waals surface area contributed by atoms with Crippen molar-refractivity contribution >= 4 is 31.9 Å². The molecule has 2 aliphatic carbocycles. The van der Waals surface area contributed by atoms with Crippen molar-refractivity contribution in [1.29, 1.82) is 0 Å². The molecule has 64 valence electrons. The second kappa shape index (κ2) is 3.51. The Balaban J connectivity index is 2.34. The van der Waals surface area contributed by atoms with Gasteiger partial charge in [-0.25, -0.2) is 0 Å². The number of halogens is 2. The molecule has 0 radical (unpaired) electrons. The van der Waals surface area contributed by atoms with E-state index in [9.17, 15) is 0 Å². The number of rotatable bonds is 0. The van der Waals surface area contributed by atoms with Crippen LogP contribution in [-0.2, 0) is 0 Å². The van der Waals surface area contributed by atoms with Crippen LogP contribution in [0.1, 0.15) is 12.8 Å². The fourth-order valence-corrected chi connectivity index (χ4v) is 2.75. The predicted molar refractivity (Wildman–Crippen MR) is 60.0 cm³/mol. The first-order chi connectivity index (χ1) is 5.79. The van der Waals surface area contributed by atoms with E-state index in [0.29, 0.717) is 9.65 Å². The highest BCUT2D eigenvalue weighted by Crippen LogP contribution is 2.36. The van der Waals surface area contributed by atoms with E-state index in [1.165, 1.54) is 11.1 Å². The Labute approximate surface area is 89.7 Å². The standard InChI is InChI=1S/C10H10Br2/c11-9-6-5-7-3-1-2-4-8(7)10(9)12/h1,3-5,9-10H,2,6H2. The summed E-state index contributed by atoms with van der Waals surface area (Å²) in [6.45, 7) is 0. The molecule has 2 unspecified atom stereocenters. The summed E-state index contributed by atoms with van der Waals surface area (Å²) in [6, 6.07) is 0. The van der Waals surface area contributed by atoms with Gasteiger partial charge in [-0.2, -0.15) is 0 Å². The molecule has 2 heteroatoms. The summed E-state index contributed by atoms with van der Waals surface area (Å²) in [7, 11) is 0. The number of alkyl halides is 2. The van der Waals surface area contributed by atoms with Crippen LogP contribution in [0.25, 0.3) is 0 Å². The minimum atomic E-state index is 0.488. The molecule has 0 saturated heterocycles. The van der Waals surface area contributed by atoms with Crippen molar-refractivity contribution in [3.05, 3.63) is 35.5 Å². The first kappa shape index (κ1) is 8.76. The van der Waals surface area contributed by atoms with E-state index in [4.69, 9.17) is 0 Å². The molecule has 0 saturated carbocycles. The van der Waals surface area contributed by atoms with Crippen LogP contribution >= 0.6 is 31.9 Å². The molecule has 12 heavy (non-hydrogen) atoms. The lowest BCUT2D eigenvalue weighted by Gasteiger charge is -2.26. The SMILES string of the molecule is BrC1CC=C2C=CCC=C2C1Br. The second-order valence-corrected chi connectivity index (χ2v) is 5.27. The molecule has 2 aliphatic rings. The van der Waals surface area contributed by atoms with Crippen molar-refractivity contribution in [1.82, 2.24) is 0 Å². The summed E-state index contributed by atoms with van der Waals surface area (Å²) in [5.41, 5.74) is 2.85. The topological polar surface area (TPSA) is 0 Å². The molecule has 0 amide bonds. The van der Waals surface area contributed by atoms with Crippen molar-refractivity contribution in [3.63, 3.8) is 0 Å². The monoisotopic (exact) mass is 288 g/mol. The fraction of sp³-hybridized carbons (Fsp3) is 0.400. The molecular formula is C10H10Br2. The average molecular weight is 290 g/mol. The molecule has 0 bridgehead atoms. The second-order valence-electron chi connectivity index (χ2n) is 3.11. The minimum absolute atomic E-state index is 0.488. The van der Waals surface area contributed by atoms with E-state index in [-0.39, 0.29) is 0 Å². The Bertz CT molecular complexity index is 274. The van der Waals surface area contributed by atoms with Crippen LogP contribution in [0.2, 0.25) is 0 Å². The van der Waals surface area contributed by atoms with E-state index in [1.807, 2.05) is 0 Å². The Morgan fingerprint density at radius 1 is 1.25 bits per heavy atom. The smallest absolute Gasteiger partial charge is 0.0526 e. The van der Waals surface area contributed by atoms with Crippen molar-refractivity contribution in [2.45, 2.75) is 22.5 Å². The highest BCUT2D eigenvalue weighted by atomic mass is 79.9. The summed E-state index contributed by atoms with van der Waals surface area (Å²) in [6.07, 6.45) is 11.2. The quantitative estimate of drug-likeness (QED) is 0.596. The first-order valence-corrected chi connectivity index (χ1v) is 5.97. The molecule has 0 aromatic carbocycles. The molecule has 0 aliphatic heterocycles. The fourth-order valence-electron chi connectivity index (χ4n) is 1.62. The van der Waals surface area contributed by atoms with Gasteiger partial charge in [-0.05, 0) is 24.0 Å². The van der Waals surface area contributed by atoms with Crippen LogP contribution in [0, 0.1) is 0 Å². The minimum Gasteiger partial charge on any atom is -0.0871 e. The molecule has 2 rings (SSSR count). The van der Waals surface area contributed by atoms with Gasteiger partial charge in [0.05, 0.1) is 4.83 Å². The van der Waals surface area contributed by atoms with Gasteiger partial charge in [0.15, 0.2) is 0 Å². The molecule has 0 heterocycles. The zero-order valence-electron chi connectivity index (χ0n) is 6.63. The molecule has 0 aromatic rings. The molecule has 2 atom stereocenters. The lowest BCUT2D eigenvalue weighted by Crippen LogP contribution is -2.21. The van der Waals surface area contributed by atoms with Crippen molar-refractivity contribution in [2.24, 2.45) is 0 Å². The van der Waals surface area contributed by atoms with E-state index < -0.39 is 0 Å². The zero-order chi connectivity index (χ0) is 8.55.